The second kappa shape index (κ2) is 6.13. The first-order chi connectivity index (χ1) is 9.92. The number of nitrogens with one attached hydrogen (secondary N) is 1. The van der Waals surface area contributed by atoms with Gasteiger partial charge in [0.1, 0.15) is 16.5 Å². The highest BCUT2D eigenvalue weighted by molar-refractivity contribution is 7.92. The van der Waals surface area contributed by atoms with Crippen molar-refractivity contribution in [2.45, 2.75) is 25.7 Å². The minimum Gasteiger partial charge on any atom is -0.492 e. The van der Waals surface area contributed by atoms with Crippen molar-refractivity contribution in [1.82, 2.24) is 4.98 Å². The molecule has 0 bridgehead atoms. The molecule has 112 valence electrons. The van der Waals surface area contributed by atoms with Crippen molar-refractivity contribution < 1.29 is 13.2 Å². The Labute approximate surface area is 125 Å². The molecule has 2 aromatic rings. The molecular weight excluding hydrogens is 288 g/mol. The molecule has 6 heteroatoms. The van der Waals surface area contributed by atoms with Gasteiger partial charge < -0.3 is 4.74 Å². The molecule has 1 aromatic heterocycles. The number of ether oxygens (including phenoxy) is 1. The maximum Gasteiger partial charge on any atom is 0.266 e. The summed E-state index contributed by atoms with van der Waals surface area (Å²) in [5, 5.41) is 0. The van der Waals surface area contributed by atoms with Gasteiger partial charge in [-0.15, -0.1) is 0 Å². The van der Waals surface area contributed by atoms with Gasteiger partial charge >= 0.3 is 0 Å². The van der Waals surface area contributed by atoms with E-state index in [1.165, 1.54) is 0 Å². The SMILES string of the molecule is CCOc1ccc(C)cc1S(=O)(=O)Nc1cc(C)ccn1. The van der Waals surface area contributed by atoms with Gasteiger partial charge in [-0.05, 0) is 56.2 Å². The molecule has 0 unspecified atom stereocenters. The van der Waals surface area contributed by atoms with Crippen LogP contribution in [0.4, 0.5) is 5.82 Å². The molecule has 1 heterocycles. The number of anilines is 1. The van der Waals surface area contributed by atoms with Crippen molar-refractivity contribution in [1.29, 1.82) is 0 Å². The lowest BCUT2D eigenvalue weighted by Crippen LogP contribution is -2.15. The maximum absolute atomic E-state index is 12.5. The van der Waals surface area contributed by atoms with Gasteiger partial charge in [0.2, 0.25) is 0 Å². The number of aromatic nitrogens is 1. The fraction of sp³-hybridized carbons (Fsp3) is 0.267. The van der Waals surface area contributed by atoms with Crippen LogP contribution in [0, 0.1) is 13.8 Å². The van der Waals surface area contributed by atoms with E-state index in [-0.39, 0.29) is 4.90 Å². The molecular formula is C15H18N2O3S. The summed E-state index contributed by atoms with van der Waals surface area (Å²) < 4.78 is 32.9. The second-order valence-electron chi connectivity index (χ2n) is 4.71. The number of rotatable bonds is 5. The number of aryl methyl sites for hydroxylation is 2. The topological polar surface area (TPSA) is 68.3 Å². The van der Waals surface area contributed by atoms with Crippen LogP contribution in [0.5, 0.6) is 5.75 Å². The Morgan fingerprint density at radius 2 is 1.86 bits per heavy atom. The summed E-state index contributed by atoms with van der Waals surface area (Å²) in [7, 11) is -3.74. The van der Waals surface area contributed by atoms with E-state index in [9.17, 15) is 8.42 Å². The van der Waals surface area contributed by atoms with Crippen LogP contribution in [-0.2, 0) is 10.0 Å². The quantitative estimate of drug-likeness (QED) is 0.922. The number of pyridine rings is 1. The van der Waals surface area contributed by atoms with Crippen LogP contribution in [0.2, 0.25) is 0 Å². The molecule has 1 N–H and O–H groups in total. The predicted octanol–water partition coefficient (Wildman–Crippen LogP) is 2.90. The van der Waals surface area contributed by atoms with E-state index < -0.39 is 10.0 Å². The average molecular weight is 306 g/mol. The summed E-state index contributed by atoms with van der Waals surface area (Å²) in [5.74, 6) is 0.627. The first kappa shape index (κ1) is 15.3. The van der Waals surface area contributed by atoms with Crippen molar-refractivity contribution in [2.75, 3.05) is 11.3 Å². The van der Waals surface area contributed by atoms with Crippen molar-refractivity contribution in [3.05, 3.63) is 47.7 Å². The van der Waals surface area contributed by atoms with Gasteiger partial charge in [0.05, 0.1) is 6.61 Å². The van der Waals surface area contributed by atoms with E-state index in [2.05, 4.69) is 9.71 Å². The predicted molar refractivity (Wildman–Crippen MR) is 82.1 cm³/mol. The van der Waals surface area contributed by atoms with Crippen LogP contribution in [0.15, 0.2) is 41.4 Å². The minimum atomic E-state index is -3.74. The Balaban J connectivity index is 2.41. The molecule has 0 saturated carbocycles. The molecule has 0 radical (unpaired) electrons. The molecule has 0 aliphatic heterocycles. The molecule has 1 aromatic carbocycles. The third kappa shape index (κ3) is 3.72. The largest absolute Gasteiger partial charge is 0.492 e. The Bertz CT molecular complexity index is 742. The summed E-state index contributed by atoms with van der Waals surface area (Å²) in [6, 6.07) is 8.54. The number of hydrogen-bond donors (Lipinski definition) is 1. The Morgan fingerprint density at radius 1 is 1.14 bits per heavy atom. The van der Waals surface area contributed by atoms with E-state index in [4.69, 9.17) is 4.74 Å². The summed E-state index contributed by atoms with van der Waals surface area (Å²) in [5.41, 5.74) is 1.77. The van der Waals surface area contributed by atoms with E-state index in [0.717, 1.165) is 11.1 Å². The van der Waals surface area contributed by atoms with E-state index in [0.29, 0.717) is 18.2 Å². The second-order valence-corrected chi connectivity index (χ2v) is 6.36. The van der Waals surface area contributed by atoms with Crippen LogP contribution in [0.25, 0.3) is 0 Å². The number of nitrogens with zero attached hydrogens (tertiary/aromatic N) is 1. The van der Waals surface area contributed by atoms with E-state index >= 15 is 0 Å². The highest BCUT2D eigenvalue weighted by atomic mass is 32.2. The smallest absolute Gasteiger partial charge is 0.266 e. The van der Waals surface area contributed by atoms with Gasteiger partial charge in [0.25, 0.3) is 10.0 Å². The molecule has 0 aliphatic rings. The zero-order chi connectivity index (χ0) is 15.5. The lowest BCUT2D eigenvalue weighted by Gasteiger charge is -2.13. The lowest BCUT2D eigenvalue weighted by molar-refractivity contribution is 0.331. The molecule has 5 nitrogen and oxygen atoms in total. The van der Waals surface area contributed by atoms with Crippen LogP contribution < -0.4 is 9.46 Å². The zero-order valence-corrected chi connectivity index (χ0v) is 13.1. The molecule has 0 spiro atoms. The van der Waals surface area contributed by atoms with Crippen LogP contribution >= 0.6 is 0 Å². The highest BCUT2D eigenvalue weighted by Crippen LogP contribution is 2.26. The van der Waals surface area contributed by atoms with Gasteiger partial charge in [0.15, 0.2) is 0 Å². The van der Waals surface area contributed by atoms with Gasteiger partial charge in [0, 0.05) is 6.20 Å². The van der Waals surface area contributed by atoms with Crippen molar-refractivity contribution in [2.24, 2.45) is 0 Å². The Morgan fingerprint density at radius 3 is 2.52 bits per heavy atom. The fourth-order valence-electron chi connectivity index (χ4n) is 1.88. The molecule has 0 aliphatic carbocycles. The highest BCUT2D eigenvalue weighted by Gasteiger charge is 2.20. The normalized spacial score (nSPS) is 11.2. The first-order valence-electron chi connectivity index (χ1n) is 6.61. The van der Waals surface area contributed by atoms with Crippen LogP contribution in [-0.4, -0.2) is 20.0 Å². The molecule has 0 atom stereocenters. The van der Waals surface area contributed by atoms with Gasteiger partial charge in [-0.1, -0.05) is 6.07 Å². The average Bonchev–Trinajstić information content (AvgIpc) is 2.40. The standard InChI is InChI=1S/C15H18N2O3S/c1-4-20-13-6-5-11(2)9-14(13)21(18,19)17-15-10-12(3)7-8-16-15/h5-10H,4H2,1-3H3,(H,16,17). The van der Waals surface area contributed by atoms with Gasteiger partial charge in [-0.3, -0.25) is 4.72 Å². The van der Waals surface area contributed by atoms with Crippen molar-refractivity contribution in [3.8, 4) is 5.75 Å². The van der Waals surface area contributed by atoms with Crippen molar-refractivity contribution >= 4 is 15.8 Å². The summed E-state index contributed by atoms with van der Waals surface area (Å²) in [6.07, 6.45) is 1.56. The number of sulfonamides is 1. The zero-order valence-electron chi connectivity index (χ0n) is 12.3. The Kier molecular flexibility index (Phi) is 4.47. The molecule has 2 rings (SSSR count). The van der Waals surface area contributed by atoms with E-state index in [1.807, 2.05) is 26.8 Å². The summed E-state index contributed by atoms with van der Waals surface area (Å²) in [6.45, 7) is 5.91. The van der Waals surface area contributed by atoms with E-state index in [1.54, 1.807) is 30.5 Å². The number of benzene rings is 1. The number of hydrogen-bond acceptors (Lipinski definition) is 4. The fourth-order valence-corrected chi connectivity index (χ4v) is 3.11. The van der Waals surface area contributed by atoms with Crippen LogP contribution in [0.1, 0.15) is 18.1 Å². The Hall–Kier alpha value is -2.08. The maximum atomic E-state index is 12.5. The molecule has 0 amide bonds. The van der Waals surface area contributed by atoms with Crippen molar-refractivity contribution in [3.63, 3.8) is 0 Å². The third-order valence-electron chi connectivity index (χ3n) is 2.84. The molecule has 0 saturated heterocycles. The lowest BCUT2D eigenvalue weighted by atomic mass is 10.2. The van der Waals surface area contributed by atoms with Gasteiger partial charge in [-0.2, -0.15) is 0 Å². The first-order valence-corrected chi connectivity index (χ1v) is 8.09. The monoisotopic (exact) mass is 306 g/mol. The molecule has 0 fully saturated rings. The minimum absolute atomic E-state index is 0.118. The van der Waals surface area contributed by atoms with Gasteiger partial charge in [-0.25, -0.2) is 13.4 Å². The van der Waals surface area contributed by atoms with Crippen LogP contribution in [0.3, 0.4) is 0 Å². The summed E-state index contributed by atoms with van der Waals surface area (Å²) >= 11 is 0. The third-order valence-corrected chi connectivity index (χ3v) is 4.22. The summed E-state index contributed by atoms with van der Waals surface area (Å²) in [4.78, 5) is 4.14. The molecule has 21 heavy (non-hydrogen) atoms.